The number of piperazine rings is 1. The lowest BCUT2D eigenvalue weighted by Gasteiger charge is -2.30. The van der Waals surface area contributed by atoms with Crippen molar-refractivity contribution in [3.05, 3.63) is 41.7 Å². The summed E-state index contributed by atoms with van der Waals surface area (Å²) in [5.74, 6) is -0.0384. The van der Waals surface area contributed by atoms with Crippen molar-refractivity contribution < 1.29 is 4.79 Å². The van der Waals surface area contributed by atoms with Gasteiger partial charge in [-0.1, -0.05) is 12.1 Å². The van der Waals surface area contributed by atoms with Gasteiger partial charge in [0, 0.05) is 44.9 Å². The Hall–Kier alpha value is -2.27. The van der Waals surface area contributed by atoms with Crippen LogP contribution < -0.4 is 10.6 Å². The highest BCUT2D eigenvalue weighted by Crippen LogP contribution is 2.18. The molecule has 21 heavy (non-hydrogen) atoms. The summed E-state index contributed by atoms with van der Waals surface area (Å²) in [5.41, 5.74) is 2.84. The molecule has 1 aromatic heterocycles. The van der Waals surface area contributed by atoms with Crippen LogP contribution in [0.5, 0.6) is 0 Å². The number of H-pyrrole nitrogens is 1. The van der Waals surface area contributed by atoms with Crippen LogP contribution in [-0.2, 0) is 4.79 Å². The van der Waals surface area contributed by atoms with Crippen LogP contribution in [0.15, 0.2) is 36.2 Å². The standard InChI is InChI=1S/C16H20N4O/c1-17-16(21)15(20-8-6-18-7-9-20)11-12-2-3-13-4-5-19-14(13)10-12/h2-5,10-11,18-19H,6-9H2,1H3,(H,17,21). The molecule has 3 rings (SSSR count). The van der Waals surface area contributed by atoms with E-state index < -0.39 is 0 Å². The van der Waals surface area contributed by atoms with Gasteiger partial charge in [-0.05, 0) is 29.2 Å². The normalized spacial score (nSPS) is 16.2. The second-order valence-corrected chi connectivity index (χ2v) is 5.17. The first-order valence-electron chi connectivity index (χ1n) is 7.24. The van der Waals surface area contributed by atoms with Gasteiger partial charge in [0.1, 0.15) is 5.70 Å². The minimum absolute atomic E-state index is 0.0384. The van der Waals surface area contributed by atoms with E-state index in [1.807, 2.05) is 24.4 Å². The maximum atomic E-state index is 12.2. The molecule has 5 nitrogen and oxygen atoms in total. The number of nitrogens with one attached hydrogen (secondary N) is 3. The number of fused-ring (bicyclic) bond motifs is 1. The van der Waals surface area contributed by atoms with E-state index in [-0.39, 0.29) is 5.91 Å². The Balaban J connectivity index is 1.95. The smallest absolute Gasteiger partial charge is 0.267 e. The minimum Gasteiger partial charge on any atom is -0.365 e. The van der Waals surface area contributed by atoms with Gasteiger partial charge in [0.15, 0.2) is 0 Å². The van der Waals surface area contributed by atoms with Gasteiger partial charge in [-0.2, -0.15) is 0 Å². The van der Waals surface area contributed by atoms with E-state index in [2.05, 4.69) is 32.7 Å². The number of hydrogen-bond donors (Lipinski definition) is 3. The van der Waals surface area contributed by atoms with Gasteiger partial charge in [0.25, 0.3) is 5.91 Å². The molecule has 0 atom stereocenters. The van der Waals surface area contributed by atoms with Crippen molar-refractivity contribution in [3.63, 3.8) is 0 Å². The second kappa shape index (κ2) is 6.01. The first-order chi connectivity index (χ1) is 10.3. The van der Waals surface area contributed by atoms with Crippen LogP contribution in [-0.4, -0.2) is 49.0 Å². The van der Waals surface area contributed by atoms with Crippen LogP contribution >= 0.6 is 0 Å². The molecule has 1 aliphatic rings. The SMILES string of the molecule is CNC(=O)C(=Cc1ccc2cc[nH]c2c1)N1CCNCC1. The number of likely N-dealkylation sites (N-methyl/N-ethyl adjacent to an activating group) is 1. The Morgan fingerprint density at radius 3 is 2.86 bits per heavy atom. The number of nitrogens with zero attached hydrogens (tertiary/aromatic N) is 1. The zero-order chi connectivity index (χ0) is 14.7. The Bertz CT molecular complexity index is 668. The topological polar surface area (TPSA) is 60.2 Å². The molecule has 0 aliphatic carbocycles. The van der Waals surface area contributed by atoms with E-state index in [1.165, 1.54) is 5.39 Å². The number of carbonyl (C=O) groups excluding carboxylic acids is 1. The van der Waals surface area contributed by atoms with Crippen LogP contribution in [0, 0.1) is 0 Å². The molecule has 5 heteroatoms. The monoisotopic (exact) mass is 284 g/mol. The lowest BCUT2D eigenvalue weighted by Crippen LogP contribution is -2.45. The summed E-state index contributed by atoms with van der Waals surface area (Å²) < 4.78 is 0. The number of aromatic amines is 1. The quantitative estimate of drug-likeness (QED) is 0.741. The Morgan fingerprint density at radius 2 is 2.10 bits per heavy atom. The van der Waals surface area contributed by atoms with Crippen LogP contribution in [0.2, 0.25) is 0 Å². The molecular formula is C16H20N4O. The predicted molar refractivity (Wildman–Crippen MR) is 84.8 cm³/mol. The number of benzene rings is 1. The molecule has 1 fully saturated rings. The minimum atomic E-state index is -0.0384. The fourth-order valence-corrected chi connectivity index (χ4v) is 2.65. The Labute approximate surface area is 124 Å². The summed E-state index contributed by atoms with van der Waals surface area (Å²) in [6.45, 7) is 3.52. The van der Waals surface area contributed by atoms with Gasteiger partial charge < -0.3 is 20.5 Å². The average molecular weight is 284 g/mol. The van der Waals surface area contributed by atoms with E-state index in [4.69, 9.17) is 0 Å². The lowest BCUT2D eigenvalue weighted by atomic mass is 10.1. The average Bonchev–Trinajstić information content (AvgIpc) is 3.00. The number of amides is 1. The molecule has 110 valence electrons. The molecule has 1 saturated heterocycles. The van der Waals surface area contributed by atoms with Crippen molar-refractivity contribution >= 4 is 22.9 Å². The van der Waals surface area contributed by atoms with Crippen LogP contribution in [0.25, 0.3) is 17.0 Å². The summed E-state index contributed by atoms with van der Waals surface area (Å²) in [5, 5.41) is 7.22. The van der Waals surface area contributed by atoms with E-state index >= 15 is 0 Å². The summed E-state index contributed by atoms with van der Waals surface area (Å²) >= 11 is 0. The fourth-order valence-electron chi connectivity index (χ4n) is 2.65. The third-order valence-corrected chi connectivity index (χ3v) is 3.80. The van der Waals surface area contributed by atoms with Crippen molar-refractivity contribution in [3.8, 4) is 0 Å². The van der Waals surface area contributed by atoms with Crippen molar-refractivity contribution in [1.82, 2.24) is 20.5 Å². The molecular weight excluding hydrogens is 264 g/mol. The van der Waals surface area contributed by atoms with E-state index in [1.54, 1.807) is 7.05 Å². The van der Waals surface area contributed by atoms with Gasteiger partial charge in [-0.15, -0.1) is 0 Å². The molecule has 2 aromatic rings. The van der Waals surface area contributed by atoms with Gasteiger partial charge >= 0.3 is 0 Å². The zero-order valence-electron chi connectivity index (χ0n) is 12.1. The number of hydrogen-bond acceptors (Lipinski definition) is 3. The number of aromatic nitrogens is 1. The predicted octanol–water partition coefficient (Wildman–Crippen LogP) is 1.16. The molecule has 0 unspecified atom stereocenters. The van der Waals surface area contributed by atoms with Gasteiger partial charge in [0.2, 0.25) is 0 Å². The summed E-state index contributed by atoms with van der Waals surface area (Å²) in [7, 11) is 1.67. The summed E-state index contributed by atoms with van der Waals surface area (Å²) in [6, 6.07) is 8.22. The third-order valence-electron chi connectivity index (χ3n) is 3.80. The second-order valence-electron chi connectivity index (χ2n) is 5.17. The van der Waals surface area contributed by atoms with Crippen molar-refractivity contribution in [1.29, 1.82) is 0 Å². The molecule has 1 aromatic carbocycles. The summed E-state index contributed by atoms with van der Waals surface area (Å²) in [6.07, 6.45) is 3.89. The molecule has 0 bridgehead atoms. The highest BCUT2D eigenvalue weighted by molar-refractivity contribution is 5.97. The first kappa shape index (κ1) is 13.7. The van der Waals surface area contributed by atoms with Crippen molar-refractivity contribution in [2.75, 3.05) is 33.2 Å². The van der Waals surface area contributed by atoms with Crippen LogP contribution in [0.1, 0.15) is 5.56 Å². The first-order valence-corrected chi connectivity index (χ1v) is 7.24. The maximum absolute atomic E-state index is 12.2. The molecule has 0 saturated carbocycles. The van der Waals surface area contributed by atoms with Crippen LogP contribution in [0.4, 0.5) is 0 Å². The molecule has 2 heterocycles. The Morgan fingerprint density at radius 1 is 1.29 bits per heavy atom. The maximum Gasteiger partial charge on any atom is 0.267 e. The highest BCUT2D eigenvalue weighted by atomic mass is 16.2. The molecule has 1 amide bonds. The molecule has 3 N–H and O–H groups in total. The van der Waals surface area contributed by atoms with Gasteiger partial charge in [-0.3, -0.25) is 4.79 Å². The van der Waals surface area contributed by atoms with Crippen LogP contribution in [0.3, 0.4) is 0 Å². The highest BCUT2D eigenvalue weighted by Gasteiger charge is 2.18. The fraction of sp³-hybridized carbons (Fsp3) is 0.312. The van der Waals surface area contributed by atoms with E-state index in [0.717, 1.165) is 43.0 Å². The number of rotatable bonds is 3. The molecule has 0 spiro atoms. The van der Waals surface area contributed by atoms with Crippen molar-refractivity contribution in [2.45, 2.75) is 0 Å². The lowest BCUT2D eigenvalue weighted by molar-refractivity contribution is -0.118. The van der Waals surface area contributed by atoms with Gasteiger partial charge in [0.05, 0.1) is 0 Å². The molecule has 1 aliphatic heterocycles. The molecule has 0 radical (unpaired) electrons. The zero-order valence-corrected chi connectivity index (χ0v) is 12.1. The largest absolute Gasteiger partial charge is 0.365 e. The summed E-state index contributed by atoms with van der Waals surface area (Å²) in [4.78, 5) is 17.5. The third kappa shape index (κ3) is 2.92. The van der Waals surface area contributed by atoms with Crippen molar-refractivity contribution in [2.24, 2.45) is 0 Å². The van der Waals surface area contributed by atoms with E-state index in [9.17, 15) is 4.79 Å². The Kier molecular flexibility index (Phi) is 3.92. The number of carbonyl (C=O) groups is 1. The van der Waals surface area contributed by atoms with E-state index in [0.29, 0.717) is 0 Å². The van der Waals surface area contributed by atoms with Gasteiger partial charge in [-0.25, -0.2) is 0 Å².